The second-order valence-electron chi connectivity index (χ2n) is 9.42. The third-order valence-corrected chi connectivity index (χ3v) is 6.11. The molecule has 1 aliphatic carbocycles. The highest BCUT2D eigenvalue weighted by molar-refractivity contribution is 5.98. The first-order valence-electron chi connectivity index (χ1n) is 11.9. The molecule has 184 valence electrons. The van der Waals surface area contributed by atoms with Crippen molar-refractivity contribution >= 4 is 17.9 Å². The monoisotopic (exact) mass is 478 g/mol. The van der Waals surface area contributed by atoms with Gasteiger partial charge in [-0.2, -0.15) is 4.98 Å². The zero-order valence-corrected chi connectivity index (χ0v) is 20.1. The average molecular weight is 479 g/mol. The quantitative estimate of drug-likeness (QED) is 0.466. The summed E-state index contributed by atoms with van der Waals surface area (Å²) < 4.78 is 15.1. The molecule has 4 rings (SSSR count). The number of hydrogen-bond acceptors (Lipinski definition) is 4. The number of amides is 3. The first-order valence-corrected chi connectivity index (χ1v) is 11.9. The topological polar surface area (TPSA) is 101 Å². The number of benzene rings is 2. The van der Waals surface area contributed by atoms with E-state index in [1.165, 1.54) is 18.6 Å². The maximum Gasteiger partial charge on any atom is 0.315 e. The molecule has 9 heteroatoms. The molecule has 0 unspecified atom stereocenters. The number of aromatic nitrogens is 3. The minimum absolute atomic E-state index is 0.104. The zero-order chi connectivity index (χ0) is 24.8. The SMILES string of the molecule is CC(C)(NC(=O)NC1CCCCC1)C(=O)Nc1nc(-c2ccc(F)cc2)n(Cc2ccccc2)n1. The molecule has 1 saturated carbocycles. The molecule has 35 heavy (non-hydrogen) atoms. The van der Waals surface area contributed by atoms with Gasteiger partial charge in [0.2, 0.25) is 5.95 Å². The molecule has 0 saturated heterocycles. The predicted octanol–water partition coefficient (Wildman–Crippen LogP) is 4.48. The van der Waals surface area contributed by atoms with Crippen LogP contribution in [-0.2, 0) is 11.3 Å². The van der Waals surface area contributed by atoms with Gasteiger partial charge >= 0.3 is 6.03 Å². The number of nitrogens with one attached hydrogen (secondary N) is 3. The van der Waals surface area contributed by atoms with Gasteiger partial charge < -0.3 is 10.6 Å². The Balaban J connectivity index is 1.49. The number of nitrogens with zero attached hydrogens (tertiary/aromatic N) is 3. The van der Waals surface area contributed by atoms with Crippen LogP contribution in [-0.4, -0.2) is 38.3 Å². The maximum absolute atomic E-state index is 13.5. The minimum Gasteiger partial charge on any atom is -0.335 e. The molecule has 8 nitrogen and oxygen atoms in total. The Morgan fingerprint density at radius 3 is 2.40 bits per heavy atom. The average Bonchev–Trinajstić information content (AvgIpc) is 3.22. The van der Waals surface area contributed by atoms with Crippen LogP contribution in [0.25, 0.3) is 11.4 Å². The van der Waals surface area contributed by atoms with Crippen molar-refractivity contribution in [1.82, 2.24) is 25.4 Å². The molecule has 3 amide bonds. The molecule has 2 aromatic carbocycles. The van der Waals surface area contributed by atoms with Crippen molar-refractivity contribution in [3.8, 4) is 11.4 Å². The molecule has 1 heterocycles. The first-order chi connectivity index (χ1) is 16.8. The number of hydrogen-bond donors (Lipinski definition) is 3. The third kappa shape index (κ3) is 6.44. The van der Waals surface area contributed by atoms with Gasteiger partial charge in [-0.05, 0) is 56.5 Å². The molecular formula is C26H31FN6O2. The van der Waals surface area contributed by atoms with E-state index in [0.717, 1.165) is 31.2 Å². The van der Waals surface area contributed by atoms with Gasteiger partial charge in [0.15, 0.2) is 5.82 Å². The van der Waals surface area contributed by atoms with E-state index in [-0.39, 0.29) is 23.8 Å². The molecule has 0 bridgehead atoms. The summed E-state index contributed by atoms with van der Waals surface area (Å²) in [5.41, 5.74) is 0.472. The van der Waals surface area contributed by atoms with Crippen LogP contribution in [0.15, 0.2) is 54.6 Å². The summed E-state index contributed by atoms with van der Waals surface area (Å²) in [5.74, 6) is -0.202. The summed E-state index contributed by atoms with van der Waals surface area (Å²) >= 11 is 0. The number of urea groups is 1. The van der Waals surface area contributed by atoms with Gasteiger partial charge in [0, 0.05) is 11.6 Å². The van der Waals surface area contributed by atoms with E-state index < -0.39 is 11.4 Å². The van der Waals surface area contributed by atoms with Crippen LogP contribution in [0, 0.1) is 5.82 Å². The Kier molecular flexibility index (Phi) is 7.43. The van der Waals surface area contributed by atoms with Gasteiger partial charge in [0.25, 0.3) is 5.91 Å². The smallest absolute Gasteiger partial charge is 0.315 e. The van der Waals surface area contributed by atoms with Crippen LogP contribution in [0.2, 0.25) is 0 Å². The van der Waals surface area contributed by atoms with Crippen LogP contribution < -0.4 is 16.0 Å². The van der Waals surface area contributed by atoms with Gasteiger partial charge in [-0.25, -0.2) is 13.9 Å². The lowest BCUT2D eigenvalue weighted by atomic mass is 9.95. The van der Waals surface area contributed by atoms with Gasteiger partial charge in [0.05, 0.1) is 6.54 Å². The van der Waals surface area contributed by atoms with E-state index in [2.05, 4.69) is 26.0 Å². The number of carbonyl (C=O) groups is 2. The van der Waals surface area contributed by atoms with Gasteiger partial charge in [-0.15, -0.1) is 5.10 Å². The number of rotatable bonds is 7. The lowest BCUT2D eigenvalue weighted by molar-refractivity contribution is -0.120. The number of carbonyl (C=O) groups excluding carboxylic acids is 2. The van der Waals surface area contributed by atoms with Crippen LogP contribution in [0.3, 0.4) is 0 Å². The lowest BCUT2D eigenvalue weighted by Crippen LogP contribution is -2.56. The van der Waals surface area contributed by atoms with Crippen molar-refractivity contribution in [2.45, 2.75) is 64.1 Å². The summed E-state index contributed by atoms with van der Waals surface area (Å²) in [5, 5.41) is 12.9. The maximum atomic E-state index is 13.5. The molecule has 1 aromatic heterocycles. The van der Waals surface area contributed by atoms with Gasteiger partial charge in [-0.3, -0.25) is 10.1 Å². The molecular weight excluding hydrogens is 447 g/mol. The van der Waals surface area contributed by atoms with E-state index in [4.69, 9.17) is 0 Å². The Bertz CT molecular complexity index is 1150. The van der Waals surface area contributed by atoms with Gasteiger partial charge in [-0.1, -0.05) is 49.6 Å². The van der Waals surface area contributed by atoms with Crippen LogP contribution in [0.1, 0.15) is 51.5 Å². The summed E-state index contributed by atoms with van der Waals surface area (Å²) in [6.45, 7) is 3.68. The molecule has 1 fully saturated rings. The van der Waals surface area contributed by atoms with E-state index in [0.29, 0.717) is 17.9 Å². The number of halogens is 1. The molecule has 0 spiro atoms. The normalized spacial score (nSPS) is 14.4. The summed E-state index contributed by atoms with van der Waals surface area (Å²) in [6, 6.07) is 15.4. The molecule has 0 atom stereocenters. The molecule has 0 aliphatic heterocycles. The first kappa shape index (κ1) is 24.4. The number of anilines is 1. The largest absolute Gasteiger partial charge is 0.335 e. The predicted molar refractivity (Wildman–Crippen MR) is 132 cm³/mol. The van der Waals surface area contributed by atoms with Gasteiger partial charge in [0.1, 0.15) is 11.4 Å². The molecule has 0 radical (unpaired) electrons. The van der Waals surface area contributed by atoms with E-state index in [1.54, 1.807) is 30.7 Å². The second kappa shape index (κ2) is 10.7. The fourth-order valence-corrected chi connectivity index (χ4v) is 4.14. The Morgan fingerprint density at radius 2 is 1.71 bits per heavy atom. The Labute approximate surface area is 204 Å². The van der Waals surface area contributed by atoms with Crippen molar-refractivity contribution in [2.75, 3.05) is 5.32 Å². The highest BCUT2D eigenvalue weighted by atomic mass is 19.1. The van der Waals surface area contributed by atoms with E-state index in [1.807, 2.05) is 30.3 Å². The van der Waals surface area contributed by atoms with Crippen molar-refractivity contribution in [1.29, 1.82) is 0 Å². The van der Waals surface area contributed by atoms with Crippen molar-refractivity contribution in [3.63, 3.8) is 0 Å². The fourth-order valence-electron chi connectivity index (χ4n) is 4.14. The summed E-state index contributed by atoms with van der Waals surface area (Å²) in [6.07, 6.45) is 5.30. The van der Waals surface area contributed by atoms with Crippen LogP contribution in [0.4, 0.5) is 15.1 Å². The summed E-state index contributed by atoms with van der Waals surface area (Å²) in [7, 11) is 0. The highest BCUT2D eigenvalue weighted by Crippen LogP contribution is 2.22. The second-order valence-corrected chi connectivity index (χ2v) is 9.42. The zero-order valence-electron chi connectivity index (χ0n) is 20.1. The van der Waals surface area contributed by atoms with Crippen molar-refractivity contribution < 1.29 is 14.0 Å². The summed E-state index contributed by atoms with van der Waals surface area (Å²) in [4.78, 5) is 30.0. The molecule has 3 N–H and O–H groups in total. The van der Waals surface area contributed by atoms with Crippen molar-refractivity contribution in [3.05, 3.63) is 66.0 Å². The lowest BCUT2D eigenvalue weighted by Gasteiger charge is -2.28. The van der Waals surface area contributed by atoms with Crippen LogP contribution >= 0.6 is 0 Å². The highest BCUT2D eigenvalue weighted by Gasteiger charge is 2.31. The molecule has 3 aromatic rings. The third-order valence-electron chi connectivity index (χ3n) is 6.11. The van der Waals surface area contributed by atoms with Crippen molar-refractivity contribution in [2.24, 2.45) is 0 Å². The molecule has 1 aliphatic rings. The Hall–Kier alpha value is -3.75. The Morgan fingerprint density at radius 1 is 1.03 bits per heavy atom. The van der Waals surface area contributed by atoms with E-state index in [9.17, 15) is 14.0 Å². The standard InChI is InChI=1S/C26H31FN6O2/c1-26(2,31-25(35)28-21-11-7-4-8-12-21)23(34)30-24-29-22(19-13-15-20(27)16-14-19)33(32-24)17-18-9-5-3-6-10-18/h3,5-6,9-10,13-16,21H,4,7-8,11-12,17H2,1-2H3,(H2,28,31,35)(H,30,32,34). The van der Waals surface area contributed by atoms with Crippen LogP contribution in [0.5, 0.6) is 0 Å². The van der Waals surface area contributed by atoms with E-state index >= 15 is 0 Å². The fraction of sp³-hybridized carbons (Fsp3) is 0.385. The minimum atomic E-state index is -1.19.